The smallest absolute Gasteiger partial charge is 0.276 e. The topological polar surface area (TPSA) is 62.4 Å². The second-order valence-corrected chi connectivity index (χ2v) is 6.18. The molecule has 0 saturated heterocycles. The molecule has 0 radical (unpaired) electrons. The SMILES string of the molecule is Cc1cc(C)cc(OCC(=O)NNC(=S)Nc2ccc(F)c(Cl)c2)c1. The molecular formula is C17H17ClFN3O2S. The van der Waals surface area contributed by atoms with Gasteiger partial charge in [0.05, 0.1) is 5.02 Å². The third kappa shape index (κ3) is 6.21. The molecule has 0 aliphatic rings. The number of hydrazine groups is 1. The minimum Gasteiger partial charge on any atom is -0.484 e. The summed E-state index contributed by atoms with van der Waals surface area (Å²) in [5, 5.41) is 2.87. The van der Waals surface area contributed by atoms with E-state index >= 15 is 0 Å². The fourth-order valence-electron chi connectivity index (χ4n) is 2.06. The molecule has 0 aliphatic carbocycles. The van der Waals surface area contributed by atoms with E-state index in [2.05, 4.69) is 16.2 Å². The van der Waals surface area contributed by atoms with Gasteiger partial charge >= 0.3 is 0 Å². The van der Waals surface area contributed by atoms with E-state index in [-0.39, 0.29) is 16.7 Å². The summed E-state index contributed by atoms with van der Waals surface area (Å²) in [6, 6.07) is 9.77. The van der Waals surface area contributed by atoms with E-state index < -0.39 is 11.7 Å². The lowest BCUT2D eigenvalue weighted by molar-refractivity contribution is -0.123. The molecule has 0 spiro atoms. The van der Waals surface area contributed by atoms with E-state index in [0.717, 1.165) is 11.1 Å². The molecule has 0 aromatic heterocycles. The maximum absolute atomic E-state index is 13.1. The van der Waals surface area contributed by atoms with Crippen molar-refractivity contribution in [1.82, 2.24) is 10.9 Å². The number of ether oxygens (including phenoxy) is 1. The Hall–Kier alpha value is -2.38. The molecule has 2 rings (SSSR count). The van der Waals surface area contributed by atoms with Gasteiger partial charge in [-0.1, -0.05) is 17.7 Å². The highest BCUT2D eigenvalue weighted by molar-refractivity contribution is 7.80. The molecule has 0 heterocycles. The van der Waals surface area contributed by atoms with Crippen LogP contribution >= 0.6 is 23.8 Å². The van der Waals surface area contributed by atoms with Gasteiger partial charge in [0.15, 0.2) is 11.7 Å². The van der Waals surface area contributed by atoms with Crippen molar-refractivity contribution in [1.29, 1.82) is 0 Å². The zero-order valence-corrected chi connectivity index (χ0v) is 15.2. The number of carbonyl (C=O) groups excluding carboxylic acids is 1. The number of thiocarbonyl (C=S) groups is 1. The molecule has 1 amide bonds. The van der Waals surface area contributed by atoms with Gasteiger partial charge in [-0.25, -0.2) is 4.39 Å². The predicted octanol–water partition coefficient (Wildman–Crippen LogP) is 3.49. The van der Waals surface area contributed by atoms with Gasteiger partial charge in [-0.3, -0.25) is 15.6 Å². The molecule has 25 heavy (non-hydrogen) atoms. The minimum atomic E-state index is -0.525. The van der Waals surface area contributed by atoms with Crippen molar-refractivity contribution in [3.8, 4) is 5.75 Å². The Labute approximate surface area is 155 Å². The van der Waals surface area contributed by atoms with Crippen LogP contribution in [-0.4, -0.2) is 17.6 Å². The van der Waals surface area contributed by atoms with Crippen LogP contribution in [0.3, 0.4) is 0 Å². The summed E-state index contributed by atoms with van der Waals surface area (Å²) in [4.78, 5) is 11.8. The molecule has 0 fully saturated rings. The molecule has 0 atom stereocenters. The molecule has 0 aliphatic heterocycles. The Kier molecular flexibility index (Phi) is 6.55. The number of aryl methyl sites for hydroxylation is 2. The van der Waals surface area contributed by atoms with Gasteiger partial charge in [0.25, 0.3) is 5.91 Å². The number of hydrogen-bond acceptors (Lipinski definition) is 3. The van der Waals surface area contributed by atoms with Crippen molar-refractivity contribution in [2.24, 2.45) is 0 Å². The van der Waals surface area contributed by atoms with Crippen LogP contribution in [0.2, 0.25) is 5.02 Å². The number of benzene rings is 2. The lowest BCUT2D eigenvalue weighted by atomic mass is 10.1. The van der Waals surface area contributed by atoms with Crippen molar-refractivity contribution >= 4 is 40.5 Å². The molecule has 8 heteroatoms. The first-order valence-corrected chi connectivity index (χ1v) is 8.14. The number of hydrogen-bond donors (Lipinski definition) is 3. The van der Waals surface area contributed by atoms with Gasteiger partial charge < -0.3 is 10.1 Å². The zero-order chi connectivity index (χ0) is 18.4. The van der Waals surface area contributed by atoms with Crippen molar-refractivity contribution < 1.29 is 13.9 Å². The second kappa shape index (κ2) is 8.64. The molecule has 2 aromatic rings. The quantitative estimate of drug-likeness (QED) is 0.559. The Morgan fingerprint density at radius 1 is 1.16 bits per heavy atom. The number of rotatable bonds is 4. The third-order valence-corrected chi connectivity index (χ3v) is 3.55. The summed E-state index contributed by atoms with van der Waals surface area (Å²) in [6.45, 7) is 3.74. The third-order valence-electron chi connectivity index (χ3n) is 3.06. The molecular weight excluding hydrogens is 365 g/mol. The summed E-state index contributed by atoms with van der Waals surface area (Å²) < 4.78 is 18.5. The van der Waals surface area contributed by atoms with Gasteiger partial charge in [0.1, 0.15) is 11.6 Å². The van der Waals surface area contributed by atoms with Gasteiger partial charge in [-0.15, -0.1) is 0 Å². The van der Waals surface area contributed by atoms with Crippen LogP contribution in [-0.2, 0) is 4.79 Å². The van der Waals surface area contributed by atoms with E-state index in [9.17, 15) is 9.18 Å². The molecule has 2 aromatic carbocycles. The maximum Gasteiger partial charge on any atom is 0.276 e. The van der Waals surface area contributed by atoms with Gasteiger partial charge in [0, 0.05) is 5.69 Å². The Morgan fingerprint density at radius 2 is 1.84 bits per heavy atom. The van der Waals surface area contributed by atoms with Crippen LogP contribution in [0, 0.1) is 19.7 Å². The number of anilines is 1. The minimum absolute atomic E-state index is 0.0290. The average Bonchev–Trinajstić information content (AvgIpc) is 2.53. The first-order valence-electron chi connectivity index (χ1n) is 7.35. The van der Waals surface area contributed by atoms with Gasteiger partial charge in [0.2, 0.25) is 0 Å². The standard InChI is InChI=1S/C17H17ClFN3O2S/c1-10-5-11(2)7-13(6-10)24-9-16(23)21-22-17(25)20-12-3-4-15(19)14(18)8-12/h3-8H,9H2,1-2H3,(H,21,23)(H2,20,22,25). The maximum atomic E-state index is 13.1. The Bertz CT molecular complexity index is 781. The first kappa shape index (κ1) is 19.0. The highest BCUT2D eigenvalue weighted by Gasteiger charge is 2.06. The summed E-state index contributed by atoms with van der Waals surface area (Å²) >= 11 is 10.7. The summed E-state index contributed by atoms with van der Waals surface area (Å²) in [7, 11) is 0. The fraction of sp³-hybridized carbons (Fsp3) is 0.176. The van der Waals surface area contributed by atoms with Gasteiger partial charge in [-0.05, 0) is 67.5 Å². The normalized spacial score (nSPS) is 10.1. The molecule has 0 saturated carbocycles. The van der Waals surface area contributed by atoms with E-state index in [0.29, 0.717) is 11.4 Å². The number of amides is 1. The highest BCUT2D eigenvalue weighted by Crippen LogP contribution is 2.19. The molecule has 5 nitrogen and oxygen atoms in total. The lowest BCUT2D eigenvalue weighted by Crippen LogP contribution is -2.45. The van der Waals surface area contributed by atoms with Crippen LogP contribution in [0.5, 0.6) is 5.75 Å². The van der Waals surface area contributed by atoms with Crippen LogP contribution in [0.1, 0.15) is 11.1 Å². The summed E-state index contributed by atoms with van der Waals surface area (Å²) in [5.74, 6) is -0.308. The van der Waals surface area contributed by atoms with Crippen LogP contribution in [0.15, 0.2) is 36.4 Å². The van der Waals surface area contributed by atoms with E-state index in [4.69, 9.17) is 28.6 Å². The fourth-order valence-corrected chi connectivity index (χ4v) is 2.41. The van der Waals surface area contributed by atoms with Crippen molar-refractivity contribution in [2.75, 3.05) is 11.9 Å². The average molecular weight is 382 g/mol. The van der Waals surface area contributed by atoms with E-state index in [1.54, 1.807) is 0 Å². The van der Waals surface area contributed by atoms with Crippen molar-refractivity contribution in [3.05, 3.63) is 58.4 Å². The molecule has 132 valence electrons. The van der Waals surface area contributed by atoms with Crippen molar-refractivity contribution in [3.63, 3.8) is 0 Å². The second-order valence-electron chi connectivity index (χ2n) is 5.37. The van der Waals surface area contributed by atoms with E-state index in [1.165, 1.54) is 18.2 Å². The molecule has 0 unspecified atom stereocenters. The molecule has 3 N–H and O–H groups in total. The monoisotopic (exact) mass is 381 g/mol. The largest absolute Gasteiger partial charge is 0.484 e. The van der Waals surface area contributed by atoms with Crippen LogP contribution in [0.4, 0.5) is 10.1 Å². The first-order chi connectivity index (χ1) is 11.8. The number of halogens is 2. The van der Waals surface area contributed by atoms with Crippen LogP contribution in [0.25, 0.3) is 0 Å². The molecule has 0 bridgehead atoms. The number of nitrogens with one attached hydrogen (secondary N) is 3. The highest BCUT2D eigenvalue weighted by atomic mass is 35.5. The lowest BCUT2D eigenvalue weighted by Gasteiger charge is -2.12. The van der Waals surface area contributed by atoms with Gasteiger partial charge in [-0.2, -0.15) is 0 Å². The van der Waals surface area contributed by atoms with E-state index in [1.807, 2.05) is 32.0 Å². The Balaban J connectivity index is 1.77. The zero-order valence-electron chi connectivity index (χ0n) is 13.7. The number of carbonyl (C=O) groups is 1. The van der Waals surface area contributed by atoms with Crippen molar-refractivity contribution in [2.45, 2.75) is 13.8 Å². The van der Waals surface area contributed by atoms with Crippen LogP contribution < -0.4 is 20.9 Å². The summed E-state index contributed by atoms with van der Waals surface area (Å²) in [6.07, 6.45) is 0. The Morgan fingerprint density at radius 3 is 2.48 bits per heavy atom. The summed E-state index contributed by atoms with van der Waals surface area (Å²) in [5.41, 5.74) is 7.53. The predicted molar refractivity (Wildman–Crippen MR) is 100 cm³/mol.